The fraction of sp³-hybridized carbons (Fsp3) is 0.381. The van der Waals surface area contributed by atoms with E-state index in [1.54, 1.807) is 12.1 Å². The molecule has 0 spiro atoms. The van der Waals surface area contributed by atoms with Gasteiger partial charge in [0, 0.05) is 44.6 Å². The van der Waals surface area contributed by atoms with Crippen molar-refractivity contribution in [1.29, 1.82) is 0 Å². The summed E-state index contributed by atoms with van der Waals surface area (Å²) >= 11 is 0. The van der Waals surface area contributed by atoms with Crippen molar-refractivity contribution in [3.63, 3.8) is 0 Å². The second kappa shape index (κ2) is 8.43. The fourth-order valence-corrected chi connectivity index (χ4v) is 4.33. The lowest BCUT2D eigenvalue weighted by Crippen LogP contribution is -2.60. The van der Waals surface area contributed by atoms with Crippen molar-refractivity contribution >= 4 is 11.8 Å². The first kappa shape index (κ1) is 22.6. The van der Waals surface area contributed by atoms with Crippen molar-refractivity contribution in [2.24, 2.45) is 0 Å². The zero-order chi connectivity index (χ0) is 24.0. The maximum absolute atomic E-state index is 13.9. The Labute approximate surface area is 185 Å². The Kier molecular flexibility index (Phi) is 5.78. The van der Waals surface area contributed by atoms with Crippen LogP contribution in [0.5, 0.6) is 5.75 Å². The summed E-state index contributed by atoms with van der Waals surface area (Å²) in [5.41, 5.74) is -2.53. The van der Waals surface area contributed by atoms with E-state index in [0.717, 1.165) is 6.20 Å². The van der Waals surface area contributed by atoms with Crippen LogP contribution >= 0.6 is 0 Å². The average molecular weight is 466 g/mol. The second-order valence-electron chi connectivity index (χ2n) is 7.91. The van der Waals surface area contributed by atoms with Crippen molar-refractivity contribution in [2.75, 3.05) is 25.8 Å². The summed E-state index contributed by atoms with van der Waals surface area (Å²) in [6.45, 7) is -0.367. The lowest BCUT2D eigenvalue weighted by atomic mass is 10.1. The molecule has 3 heterocycles. The smallest absolute Gasteiger partial charge is 0.277 e. The molecule has 0 bridgehead atoms. The van der Waals surface area contributed by atoms with E-state index < -0.39 is 58.1 Å². The van der Waals surface area contributed by atoms with E-state index >= 15 is 0 Å². The van der Waals surface area contributed by atoms with Crippen molar-refractivity contribution in [3.05, 3.63) is 62.8 Å². The first-order chi connectivity index (χ1) is 15.6. The number of pyridine rings is 1. The molecule has 2 amide bonds. The van der Waals surface area contributed by atoms with Gasteiger partial charge in [-0.25, -0.2) is 13.2 Å². The van der Waals surface area contributed by atoms with Crippen LogP contribution in [0.25, 0.3) is 0 Å². The Balaban J connectivity index is 1.71. The number of ether oxygens (including phenoxy) is 1. The topological polar surface area (TPSA) is 104 Å². The van der Waals surface area contributed by atoms with Crippen LogP contribution in [0.3, 0.4) is 0 Å². The minimum atomic E-state index is -1.20. The lowest BCUT2D eigenvalue weighted by molar-refractivity contribution is 0.0634. The first-order valence-electron chi connectivity index (χ1n) is 10.1. The van der Waals surface area contributed by atoms with Gasteiger partial charge in [0.15, 0.2) is 11.4 Å². The summed E-state index contributed by atoms with van der Waals surface area (Å²) in [7, 11) is 3.07. The lowest BCUT2D eigenvalue weighted by Gasteiger charge is -2.43. The van der Waals surface area contributed by atoms with Gasteiger partial charge < -0.3 is 20.1 Å². The van der Waals surface area contributed by atoms with E-state index in [1.165, 1.54) is 16.7 Å². The monoisotopic (exact) mass is 466 g/mol. The van der Waals surface area contributed by atoms with Gasteiger partial charge in [0.2, 0.25) is 5.43 Å². The first-order valence-corrected chi connectivity index (χ1v) is 10.1. The van der Waals surface area contributed by atoms with Crippen LogP contribution in [0.1, 0.15) is 39.3 Å². The summed E-state index contributed by atoms with van der Waals surface area (Å²) in [6.07, 6.45) is 2.00. The van der Waals surface area contributed by atoms with E-state index in [0.29, 0.717) is 31.6 Å². The third-order valence-electron chi connectivity index (χ3n) is 5.96. The van der Waals surface area contributed by atoms with Gasteiger partial charge in [-0.05, 0) is 12.8 Å². The molecule has 0 radical (unpaired) electrons. The van der Waals surface area contributed by atoms with Gasteiger partial charge >= 0.3 is 0 Å². The zero-order valence-electron chi connectivity index (χ0n) is 17.8. The number of nitrogens with zero attached hydrogens (tertiary/aromatic N) is 3. The Morgan fingerprint density at radius 2 is 1.88 bits per heavy atom. The minimum absolute atomic E-state index is 0.200. The van der Waals surface area contributed by atoms with Crippen LogP contribution in [0.4, 0.5) is 13.2 Å². The molecule has 2 aromatic rings. The van der Waals surface area contributed by atoms with Crippen LogP contribution in [0.2, 0.25) is 0 Å². The fourth-order valence-electron chi connectivity index (χ4n) is 4.33. The molecule has 4 rings (SSSR count). The van der Waals surface area contributed by atoms with Crippen molar-refractivity contribution < 1.29 is 32.6 Å². The minimum Gasteiger partial charge on any atom is -0.502 e. The highest BCUT2D eigenvalue weighted by Crippen LogP contribution is 2.32. The Morgan fingerprint density at radius 3 is 2.52 bits per heavy atom. The Hall–Kier alpha value is -3.54. The number of carbonyl (C=O) groups is 2. The quantitative estimate of drug-likeness (QED) is 0.683. The number of aromatic hydroxyl groups is 1. The maximum Gasteiger partial charge on any atom is 0.277 e. The summed E-state index contributed by atoms with van der Waals surface area (Å²) in [5, 5.41) is 14.5. The van der Waals surface area contributed by atoms with Gasteiger partial charge in [0.25, 0.3) is 11.8 Å². The molecule has 0 unspecified atom stereocenters. The molecular formula is C21H21F3N4O5. The number of benzene rings is 1. The number of rotatable bonds is 5. The van der Waals surface area contributed by atoms with Gasteiger partial charge in [-0.1, -0.05) is 0 Å². The molecule has 1 saturated heterocycles. The molecule has 2 atom stereocenters. The molecule has 0 aliphatic carbocycles. The number of halogens is 3. The third kappa shape index (κ3) is 3.69. The molecule has 2 aliphatic rings. The maximum atomic E-state index is 13.9. The molecule has 0 saturated carbocycles. The highest BCUT2D eigenvalue weighted by atomic mass is 19.1. The Bertz CT molecular complexity index is 1180. The van der Waals surface area contributed by atoms with Crippen molar-refractivity contribution in [1.82, 2.24) is 14.9 Å². The summed E-state index contributed by atoms with van der Waals surface area (Å²) < 4.78 is 47.4. The molecule has 2 N–H and O–H groups in total. The van der Waals surface area contributed by atoms with E-state index in [9.17, 15) is 32.7 Å². The largest absolute Gasteiger partial charge is 0.502 e. The van der Waals surface area contributed by atoms with E-state index in [2.05, 4.69) is 5.32 Å². The van der Waals surface area contributed by atoms with Gasteiger partial charge in [-0.3, -0.25) is 24.1 Å². The SMILES string of the molecule is COC[C@@H]1CC[C@H]2N(C)C(=O)c3c(O)c(=O)c(C(=O)NCc4c(F)cc(F)cc4F)cn3N12. The number of carbonyl (C=O) groups excluding carboxylic acids is 2. The van der Waals surface area contributed by atoms with Crippen LogP contribution in [0, 0.1) is 17.5 Å². The number of aromatic nitrogens is 1. The van der Waals surface area contributed by atoms with E-state index in [1.807, 2.05) is 0 Å². The van der Waals surface area contributed by atoms with Crippen molar-refractivity contribution in [3.8, 4) is 5.75 Å². The predicted octanol–water partition coefficient (Wildman–Crippen LogP) is 1.06. The normalized spacial score (nSPS) is 19.5. The highest BCUT2D eigenvalue weighted by molar-refractivity contribution is 5.99. The van der Waals surface area contributed by atoms with Gasteiger partial charge in [0.05, 0.1) is 12.6 Å². The summed E-state index contributed by atoms with van der Waals surface area (Å²) in [4.78, 5) is 39.6. The van der Waals surface area contributed by atoms with Crippen LogP contribution in [-0.4, -0.2) is 59.5 Å². The van der Waals surface area contributed by atoms with Crippen LogP contribution in [0.15, 0.2) is 23.1 Å². The number of hydrogen-bond donors (Lipinski definition) is 2. The average Bonchev–Trinajstić information content (AvgIpc) is 3.17. The summed E-state index contributed by atoms with van der Waals surface area (Å²) in [6, 6.07) is 0.736. The third-order valence-corrected chi connectivity index (χ3v) is 5.96. The van der Waals surface area contributed by atoms with Gasteiger partial charge in [-0.15, -0.1) is 0 Å². The zero-order valence-corrected chi connectivity index (χ0v) is 17.8. The predicted molar refractivity (Wildman–Crippen MR) is 109 cm³/mol. The molecule has 12 heteroatoms. The van der Waals surface area contributed by atoms with E-state index in [4.69, 9.17) is 4.74 Å². The number of amides is 2. The molecule has 9 nitrogen and oxygen atoms in total. The van der Waals surface area contributed by atoms with Gasteiger partial charge in [-0.2, -0.15) is 0 Å². The Morgan fingerprint density at radius 1 is 1.21 bits per heavy atom. The highest BCUT2D eigenvalue weighted by Gasteiger charge is 2.45. The van der Waals surface area contributed by atoms with Gasteiger partial charge in [0.1, 0.15) is 29.2 Å². The molecular weight excluding hydrogens is 445 g/mol. The van der Waals surface area contributed by atoms with Crippen LogP contribution in [-0.2, 0) is 11.3 Å². The standard InChI is InChI=1S/C21H21F3N4O5/c1-26-16-4-3-11(9-33-2)28(16)27-8-13(18(29)19(30)17(27)21(26)32)20(31)25-7-12-14(23)5-10(22)6-15(12)24/h5-6,8,11,16,30H,3-4,7,9H2,1-2H3,(H,25,31)/t11-,16-/m0/s1. The molecule has 33 heavy (non-hydrogen) atoms. The molecule has 2 aliphatic heterocycles. The number of fused-ring (bicyclic) bond motifs is 3. The molecule has 1 fully saturated rings. The van der Waals surface area contributed by atoms with Crippen LogP contribution < -0.4 is 15.8 Å². The number of methoxy groups -OCH3 is 1. The molecule has 1 aromatic carbocycles. The second-order valence-corrected chi connectivity index (χ2v) is 7.91. The number of hydrogen-bond acceptors (Lipinski definition) is 6. The summed E-state index contributed by atoms with van der Waals surface area (Å²) in [5.74, 6) is -6.05. The van der Waals surface area contributed by atoms with Crippen molar-refractivity contribution in [2.45, 2.75) is 31.6 Å². The molecule has 176 valence electrons. The number of nitrogens with one attached hydrogen (secondary N) is 1. The molecule has 1 aromatic heterocycles. The van der Waals surface area contributed by atoms with E-state index in [-0.39, 0.29) is 17.9 Å².